The van der Waals surface area contributed by atoms with Gasteiger partial charge in [-0.15, -0.1) is 22.7 Å². The average Bonchev–Trinajstić information content (AvgIpc) is 2.80. The van der Waals surface area contributed by atoms with Gasteiger partial charge in [0.1, 0.15) is 10.7 Å². The molecule has 1 N–H and O–H groups in total. The van der Waals surface area contributed by atoms with Gasteiger partial charge in [-0.1, -0.05) is 0 Å². The number of thiazole rings is 2. The summed E-state index contributed by atoms with van der Waals surface area (Å²) in [6, 6.07) is 0.754. The Morgan fingerprint density at radius 2 is 2.38 bits per heavy atom. The topological polar surface area (TPSA) is 37.8 Å². The van der Waals surface area contributed by atoms with Gasteiger partial charge in [-0.25, -0.2) is 9.97 Å². The number of hydrogen-bond acceptors (Lipinski definition) is 5. The number of nitrogens with one attached hydrogen (secondary N) is 1. The number of aromatic nitrogens is 2. The maximum atomic E-state index is 4.57. The van der Waals surface area contributed by atoms with E-state index in [1.807, 2.05) is 5.51 Å². The Morgan fingerprint density at radius 1 is 1.50 bits per heavy atom. The van der Waals surface area contributed by atoms with Crippen LogP contribution in [-0.4, -0.2) is 16.0 Å². The highest BCUT2D eigenvalue weighted by Gasteiger charge is 2.21. The molecular weight excluding hydrogens is 238 g/mol. The smallest absolute Gasteiger partial charge is 0.143 e. The van der Waals surface area contributed by atoms with Crippen molar-refractivity contribution in [2.45, 2.75) is 32.4 Å². The quantitative estimate of drug-likeness (QED) is 0.908. The molecular formula is C11H13N3S2. The fourth-order valence-corrected chi connectivity index (χ4v) is 3.14. The molecule has 0 aromatic carbocycles. The van der Waals surface area contributed by atoms with Gasteiger partial charge in [0.15, 0.2) is 0 Å². The van der Waals surface area contributed by atoms with Gasteiger partial charge in [-0.3, -0.25) is 0 Å². The van der Waals surface area contributed by atoms with Crippen LogP contribution in [0.15, 0.2) is 10.9 Å². The van der Waals surface area contributed by atoms with Gasteiger partial charge in [0.25, 0.3) is 0 Å². The summed E-state index contributed by atoms with van der Waals surface area (Å²) in [5.41, 5.74) is 4.01. The van der Waals surface area contributed by atoms with E-state index in [4.69, 9.17) is 0 Å². The molecule has 0 bridgehead atoms. The Hall–Kier alpha value is -0.780. The van der Waals surface area contributed by atoms with E-state index in [0.29, 0.717) is 0 Å². The minimum absolute atomic E-state index is 0.754. The van der Waals surface area contributed by atoms with Crippen molar-refractivity contribution < 1.29 is 0 Å². The standard InChI is InChI=1S/C11H13N3S2/c1-7-10(4-12-8-2-3-8)16-11(14-7)9-5-15-6-13-9/h5-6,8,12H,2-4H2,1H3. The Morgan fingerprint density at radius 3 is 3.06 bits per heavy atom. The van der Waals surface area contributed by atoms with Crippen LogP contribution in [0.4, 0.5) is 0 Å². The first-order valence-electron chi connectivity index (χ1n) is 5.41. The number of nitrogens with zero attached hydrogens (tertiary/aromatic N) is 2. The van der Waals surface area contributed by atoms with E-state index < -0.39 is 0 Å². The summed E-state index contributed by atoms with van der Waals surface area (Å²) in [7, 11) is 0. The van der Waals surface area contributed by atoms with Gasteiger partial charge in [0.2, 0.25) is 0 Å². The molecule has 0 atom stereocenters. The van der Waals surface area contributed by atoms with E-state index in [-0.39, 0.29) is 0 Å². The van der Waals surface area contributed by atoms with Crippen molar-refractivity contribution in [3.8, 4) is 10.7 Å². The summed E-state index contributed by atoms with van der Waals surface area (Å²) in [4.78, 5) is 10.2. The van der Waals surface area contributed by atoms with Crippen molar-refractivity contribution in [2.75, 3.05) is 0 Å². The van der Waals surface area contributed by atoms with E-state index in [0.717, 1.165) is 29.0 Å². The molecule has 1 saturated carbocycles. The summed E-state index contributed by atoms with van der Waals surface area (Å²) >= 11 is 3.38. The van der Waals surface area contributed by atoms with Crippen LogP contribution in [0, 0.1) is 6.92 Å². The number of aryl methyl sites for hydroxylation is 1. The zero-order chi connectivity index (χ0) is 11.0. The third-order valence-electron chi connectivity index (χ3n) is 2.67. The summed E-state index contributed by atoms with van der Waals surface area (Å²) in [6.45, 7) is 3.04. The fourth-order valence-electron chi connectivity index (χ4n) is 1.54. The Balaban J connectivity index is 1.78. The van der Waals surface area contributed by atoms with Gasteiger partial charge in [0, 0.05) is 22.8 Å². The second-order valence-electron chi connectivity index (χ2n) is 4.06. The van der Waals surface area contributed by atoms with Crippen LogP contribution in [0.3, 0.4) is 0 Å². The van der Waals surface area contributed by atoms with Crippen molar-refractivity contribution in [1.82, 2.24) is 15.3 Å². The van der Waals surface area contributed by atoms with Gasteiger partial charge in [-0.05, 0) is 19.8 Å². The molecule has 3 nitrogen and oxygen atoms in total. The lowest BCUT2D eigenvalue weighted by molar-refractivity contribution is 0.691. The van der Waals surface area contributed by atoms with Gasteiger partial charge >= 0.3 is 0 Å². The van der Waals surface area contributed by atoms with Crippen molar-refractivity contribution >= 4 is 22.7 Å². The molecule has 2 heterocycles. The zero-order valence-electron chi connectivity index (χ0n) is 9.06. The summed E-state index contributed by atoms with van der Waals surface area (Å²) < 4.78 is 0. The molecule has 0 radical (unpaired) electrons. The number of rotatable bonds is 4. The highest BCUT2D eigenvalue weighted by molar-refractivity contribution is 7.15. The SMILES string of the molecule is Cc1nc(-c2cscn2)sc1CNC1CC1. The molecule has 0 unspecified atom stereocenters. The van der Waals surface area contributed by atoms with Crippen molar-refractivity contribution in [2.24, 2.45) is 0 Å². The molecule has 0 aliphatic heterocycles. The number of hydrogen-bond donors (Lipinski definition) is 1. The van der Waals surface area contributed by atoms with Crippen LogP contribution in [0.25, 0.3) is 10.7 Å². The monoisotopic (exact) mass is 251 g/mol. The van der Waals surface area contributed by atoms with Crippen molar-refractivity contribution in [3.63, 3.8) is 0 Å². The van der Waals surface area contributed by atoms with E-state index in [2.05, 4.69) is 27.6 Å². The molecule has 16 heavy (non-hydrogen) atoms. The van der Waals surface area contributed by atoms with Gasteiger partial charge < -0.3 is 5.32 Å². The third kappa shape index (κ3) is 2.16. The van der Waals surface area contributed by atoms with Crippen LogP contribution >= 0.6 is 22.7 Å². The first-order chi connectivity index (χ1) is 7.83. The molecule has 2 aromatic rings. The predicted octanol–water partition coefficient (Wildman–Crippen LogP) is 2.83. The lowest BCUT2D eigenvalue weighted by Gasteiger charge is -1.99. The maximum absolute atomic E-state index is 4.57. The lowest BCUT2D eigenvalue weighted by atomic mass is 10.4. The molecule has 0 spiro atoms. The average molecular weight is 251 g/mol. The van der Waals surface area contributed by atoms with Crippen LogP contribution < -0.4 is 5.32 Å². The molecule has 0 saturated heterocycles. The Labute approximate surface area is 103 Å². The molecule has 3 rings (SSSR count). The molecule has 84 valence electrons. The van der Waals surface area contributed by atoms with E-state index >= 15 is 0 Å². The minimum Gasteiger partial charge on any atom is -0.309 e. The fraction of sp³-hybridized carbons (Fsp3) is 0.455. The third-order valence-corrected chi connectivity index (χ3v) is 4.44. The molecule has 0 amide bonds. The van der Waals surface area contributed by atoms with Gasteiger partial charge in [-0.2, -0.15) is 0 Å². The minimum atomic E-state index is 0.754. The zero-order valence-corrected chi connectivity index (χ0v) is 10.7. The Kier molecular flexibility index (Phi) is 2.75. The van der Waals surface area contributed by atoms with Gasteiger partial charge in [0.05, 0.1) is 11.2 Å². The maximum Gasteiger partial charge on any atom is 0.143 e. The first-order valence-corrected chi connectivity index (χ1v) is 7.17. The molecule has 2 aromatic heterocycles. The second-order valence-corrected chi connectivity index (χ2v) is 5.86. The highest BCUT2D eigenvalue weighted by atomic mass is 32.1. The van der Waals surface area contributed by atoms with Crippen LogP contribution in [0.2, 0.25) is 0 Å². The van der Waals surface area contributed by atoms with Crippen LogP contribution in [0.5, 0.6) is 0 Å². The van der Waals surface area contributed by atoms with E-state index in [1.165, 1.54) is 17.7 Å². The first kappa shape index (κ1) is 10.4. The Bertz CT molecular complexity index is 471. The van der Waals surface area contributed by atoms with Crippen LogP contribution in [0.1, 0.15) is 23.4 Å². The molecule has 5 heteroatoms. The normalized spacial score (nSPS) is 15.6. The predicted molar refractivity (Wildman–Crippen MR) is 67.8 cm³/mol. The molecule has 1 aliphatic carbocycles. The summed E-state index contributed by atoms with van der Waals surface area (Å²) in [5, 5.41) is 6.62. The van der Waals surface area contributed by atoms with Crippen LogP contribution in [-0.2, 0) is 6.54 Å². The molecule has 1 aliphatic rings. The second kappa shape index (κ2) is 4.24. The lowest BCUT2D eigenvalue weighted by Crippen LogP contribution is -2.14. The summed E-state index contributed by atoms with van der Waals surface area (Å²) in [5.74, 6) is 0. The highest BCUT2D eigenvalue weighted by Crippen LogP contribution is 2.28. The summed E-state index contributed by atoms with van der Waals surface area (Å²) in [6.07, 6.45) is 2.66. The van der Waals surface area contributed by atoms with E-state index in [9.17, 15) is 0 Å². The van der Waals surface area contributed by atoms with E-state index in [1.54, 1.807) is 22.7 Å². The van der Waals surface area contributed by atoms with Crippen molar-refractivity contribution in [3.05, 3.63) is 21.5 Å². The van der Waals surface area contributed by atoms with Crippen molar-refractivity contribution in [1.29, 1.82) is 0 Å². The molecule has 1 fully saturated rings. The largest absolute Gasteiger partial charge is 0.309 e.